The van der Waals surface area contributed by atoms with Crippen LogP contribution in [0.3, 0.4) is 0 Å². The molecule has 0 aromatic heterocycles. The van der Waals surface area contributed by atoms with Gasteiger partial charge < -0.3 is 30.4 Å². The smallest absolute Gasteiger partial charge is 0.493 e. The molecule has 6 nitrogen and oxygen atoms in total. The largest absolute Gasteiger partial charge is 2.00 e. The quantitative estimate of drug-likeness (QED) is 0.0120. The first-order valence-corrected chi connectivity index (χ1v) is 45.3. The third kappa shape index (κ3) is 35.9. The van der Waals surface area contributed by atoms with Gasteiger partial charge in [-0.15, -0.1) is 11.8 Å². The molecule has 3 heterocycles. The average molecular weight is 1630 g/mol. The molecule has 3 aliphatic rings. The van der Waals surface area contributed by atoms with E-state index >= 15 is 0 Å². The molecule has 0 saturated heterocycles. The van der Waals surface area contributed by atoms with Gasteiger partial charge in [-0.3, -0.25) is 0 Å². The van der Waals surface area contributed by atoms with Crippen molar-refractivity contribution in [1.29, 1.82) is 0 Å². The second-order valence-corrected chi connectivity index (χ2v) is 31.3. The molecule has 9 rings (SSSR count). The van der Waals surface area contributed by atoms with Crippen molar-refractivity contribution in [2.24, 2.45) is 0 Å². The number of benzene rings is 6. The summed E-state index contributed by atoms with van der Waals surface area (Å²) >= 11 is 0. The van der Waals surface area contributed by atoms with Crippen LogP contribution in [0.25, 0.3) is 50.8 Å². The van der Waals surface area contributed by atoms with Gasteiger partial charge in [0, 0.05) is 97.7 Å². The molecule has 8 heteroatoms. The molecular formula is C106H150N6Ni2. The van der Waals surface area contributed by atoms with Gasteiger partial charge in [0.1, 0.15) is 0 Å². The van der Waals surface area contributed by atoms with Gasteiger partial charge in [0.25, 0.3) is 0 Å². The van der Waals surface area contributed by atoms with Gasteiger partial charge in [0.05, 0.1) is 0 Å². The maximum Gasteiger partial charge on any atom is 2.00 e. The standard InChI is InChI=1S/2C33H46N2.C32H40N2.2C4H9.2Ni/c2*1-4-7-10-11-12-14-17-28-18-15-20-30(25-28)32-26-31(19-13-8-5-2)33(35(32)34)29-23-21-27(22-24-29)16-9-6-3;1-4-7-10-11-13-17-27-18-14-15-20-30(27)31-25-29(19-12-8-5-2)32(34(31)33)28-23-21-26(22-24-28)16-9-6-3;2*1-3-4-2;;/h2*15,18,20-26H,4-14,16-17,19H2,1-3H3;14-15,18,20-25H,4-9,12-13,16-17,19H2,1-3H3;2*1,3-4H2,2H3;;/q;;;2*-1;;+2. The summed E-state index contributed by atoms with van der Waals surface area (Å²) in [5, 5.41) is 0. The number of rotatable bonds is 46. The molecular weight excluding hydrogens is 1470 g/mol. The fourth-order valence-electron chi connectivity index (χ4n) is 14.6. The van der Waals surface area contributed by atoms with Gasteiger partial charge in [-0.25, -0.2) is 14.1 Å². The van der Waals surface area contributed by atoms with Gasteiger partial charge in [-0.2, -0.15) is 12.8 Å². The normalized spacial score (nSPS) is 12.8. The maximum absolute atomic E-state index is 11.4. The molecule has 6 aromatic rings. The summed E-state index contributed by atoms with van der Waals surface area (Å²) in [5.41, 5.74) is 58.2. The molecule has 114 heavy (non-hydrogen) atoms. The van der Waals surface area contributed by atoms with Crippen LogP contribution in [0.2, 0.25) is 0 Å². The first-order chi connectivity index (χ1) is 54.9. The number of hydrogen-bond acceptors (Lipinski definition) is 0. The fraction of sp³-hybridized carbons (Fsp3) is 0.509. The Hall–Kier alpha value is -6.89. The predicted molar refractivity (Wildman–Crippen MR) is 488 cm³/mol. The number of aryl methyl sites for hydroxylation is 6. The van der Waals surface area contributed by atoms with E-state index in [2.05, 4.69) is 266 Å². The molecule has 0 radical (unpaired) electrons. The van der Waals surface area contributed by atoms with E-state index in [1.54, 1.807) is 0 Å². The van der Waals surface area contributed by atoms with Gasteiger partial charge in [-0.05, 0) is 216 Å². The molecule has 0 bridgehead atoms. The number of hydrogen-bond donors (Lipinski definition) is 0. The Bertz CT molecular complexity index is 3780. The maximum atomic E-state index is 11.4. The number of allylic oxidation sites excluding steroid dienone is 6. The van der Waals surface area contributed by atoms with E-state index in [0.29, 0.717) is 0 Å². The molecule has 0 fully saturated rings. The van der Waals surface area contributed by atoms with Crippen molar-refractivity contribution in [2.75, 3.05) is 0 Å². The summed E-state index contributed by atoms with van der Waals surface area (Å²) in [6.07, 6.45) is 57.3. The Morgan fingerprint density at radius 2 is 0.570 bits per heavy atom. The van der Waals surface area contributed by atoms with E-state index in [0.717, 1.165) is 177 Å². The van der Waals surface area contributed by atoms with Crippen LogP contribution in [-0.2, 0) is 71.5 Å². The molecule has 0 aliphatic carbocycles. The van der Waals surface area contributed by atoms with E-state index in [-0.39, 0.29) is 33.0 Å². The van der Waals surface area contributed by atoms with Crippen molar-refractivity contribution in [1.82, 2.24) is 0 Å². The Labute approximate surface area is 718 Å². The Kier molecular flexibility index (Phi) is 55.4. The van der Waals surface area contributed by atoms with E-state index in [9.17, 15) is 16.6 Å². The van der Waals surface area contributed by atoms with Crippen LogP contribution in [0, 0.1) is 25.7 Å². The molecule has 6 aromatic carbocycles. The molecule has 0 amide bonds. The second-order valence-electron chi connectivity index (χ2n) is 31.3. The zero-order valence-electron chi connectivity index (χ0n) is 73.2. The van der Waals surface area contributed by atoms with E-state index in [1.165, 1.54) is 231 Å². The van der Waals surface area contributed by atoms with Crippen molar-refractivity contribution in [3.8, 4) is 11.8 Å². The molecule has 0 spiro atoms. The van der Waals surface area contributed by atoms with E-state index < -0.39 is 0 Å². The Morgan fingerprint density at radius 3 is 0.921 bits per heavy atom. The SMILES string of the molecule is CCCC#CCCc1ccccc1C1=CC(CCCCC)=C(c2ccc(CCCC)cc2)[N+]1=[N-].CCCCCCCCc1cccc(C2=CC(CCCCC)=C(c3ccc(CCCC)cc3)[N+]2=[N-])c1.CCCCCCCCc1cccc(C2=CC(CCCCC)=C(c3ccc(CCCC)cc3)[N+]2=[N-])c1.[CH2-]CCC.[CH2-]CCC.[Ni+2].[Ni]. The van der Waals surface area contributed by atoms with Crippen LogP contribution in [0.1, 0.15) is 380 Å². The van der Waals surface area contributed by atoms with Crippen LogP contribution < -0.4 is 0 Å². The van der Waals surface area contributed by atoms with Crippen LogP contribution in [0.4, 0.5) is 0 Å². The summed E-state index contributed by atoms with van der Waals surface area (Å²) in [6, 6.07) is 52.5. The zero-order chi connectivity index (χ0) is 80.8. The Balaban J connectivity index is 0.000000418. The van der Waals surface area contributed by atoms with Crippen LogP contribution in [0.15, 0.2) is 181 Å². The van der Waals surface area contributed by atoms with E-state index in [1.807, 2.05) is 0 Å². The number of unbranched alkanes of at least 4 members (excludes halogenated alkanes) is 22. The topological polar surface area (TPSA) is 75.9 Å². The summed E-state index contributed by atoms with van der Waals surface area (Å²) in [7, 11) is 0. The van der Waals surface area contributed by atoms with Crippen LogP contribution >= 0.6 is 0 Å². The van der Waals surface area contributed by atoms with Gasteiger partial charge in [0.15, 0.2) is 0 Å². The third-order valence-corrected chi connectivity index (χ3v) is 21.6. The molecule has 3 aliphatic heterocycles. The second kappa shape index (κ2) is 62.4. The molecule has 0 unspecified atom stereocenters. The third-order valence-electron chi connectivity index (χ3n) is 21.6. The van der Waals surface area contributed by atoms with Crippen LogP contribution in [0.5, 0.6) is 0 Å². The van der Waals surface area contributed by atoms with Crippen molar-refractivity contribution >= 4 is 34.2 Å². The molecule has 0 saturated carbocycles. The monoisotopic (exact) mass is 1620 g/mol. The summed E-state index contributed by atoms with van der Waals surface area (Å²) in [5.74, 6) is 6.56. The summed E-state index contributed by atoms with van der Waals surface area (Å²) < 4.78 is 4.34. The minimum Gasteiger partial charge on any atom is -0.493 e. The van der Waals surface area contributed by atoms with Crippen LogP contribution in [-0.4, -0.2) is 14.1 Å². The molecule has 624 valence electrons. The summed E-state index contributed by atoms with van der Waals surface area (Å²) in [4.78, 5) is 0. The molecule has 0 atom stereocenters. The summed E-state index contributed by atoms with van der Waals surface area (Å²) in [6.45, 7) is 31.6. The van der Waals surface area contributed by atoms with E-state index in [4.69, 9.17) is 0 Å². The predicted octanol–water partition coefficient (Wildman–Crippen LogP) is 33.0. The van der Waals surface area contributed by atoms with Gasteiger partial charge in [0.2, 0.25) is 34.2 Å². The van der Waals surface area contributed by atoms with Crippen molar-refractivity contribution in [3.05, 3.63) is 278 Å². The first-order valence-electron chi connectivity index (χ1n) is 45.3. The first kappa shape index (κ1) is 101. The fourth-order valence-corrected chi connectivity index (χ4v) is 14.6. The zero-order valence-corrected chi connectivity index (χ0v) is 75.2. The Morgan fingerprint density at radius 1 is 0.272 bits per heavy atom. The van der Waals surface area contributed by atoms with Crippen molar-refractivity contribution < 1.29 is 47.1 Å². The number of nitrogens with zero attached hydrogens (tertiary/aromatic N) is 6. The molecule has 0 N–H and O–H groups in total. The van der Waals surface area contributed by atoms with Gasteiger partial charge in [-0.1, -0.05) is 290 Å². The van der Waals surface area contributed by atoms with Crippen molar-refractivity contribution in [2.45, 2.75) is 352 Å². The minimum atomic E-state index is 0. The minimum absolute atomic E-state index is 0. The average Bonchev–Trinajstić information content (AvgIpc) is 1.64. The van der Waals surface area contributed by atoms with Crippen molar-refractivity contribution in [3.63, 3.8) is 0 Å². The van der Waals surface area contributed by atoms with Gasteiger partial charge >= 0.3 is 16.5 Å².